The van der Waals surface area contributed by atoms with E-state index in [9.17, 15) is 9.59 Å². The molecule has 9 heteroatoms. The van der Waals surface area contributed by atoms with Crippen molar-refractivity contribution in [1.82, 2.24) is 20.6 Å². The number of amides is 2. The smallest absolute Gasteiger partial charge is 0.271 e. The Bertz CT molecular complexity index is 773. The number of hydrogen-bond acceptors (Lipinski definition) is 6. The summed E-state index contributed by atoms with van der Waals surface area (Å²) in [7, 11) is 1.53. The fourth-order valence-electron chi connectivity index (χ4n) is 1.91. The molecule has 0 fully saturated rings. The van der Waals surface area contributed by atoms with Crippen molar-refractivity contribution in [2.75, 3.05) is 26.5 Å². The number of carbonyl (C=O) groups is 2. The summed E-state index contributed by atoms with van der Waals surface area (Å²) in [5.74, 6) is -0.0693. The summed E-state index contributed by atoms with van der Waals surface area (Å²) in [5, 5.41) is 6.01. The number of nitrogens with zero attached hydrogens (tertiary/aromatic N) is 2. The molecule has 2 amide bonds. The van der Waals surface area contributed by atoms with E-state index in [2.05, 4.69) is 20.6 Å². The van der Waals surface area contributed by atoms with Crippen LogP contribution in [0.5, 0.6) is 5.75 Å². The van der Waals surface area contributed by atoms with Crippen molar-refractivity contribution in [3.63, 3.8) is 0 Å². The Kier molecular flexibility index (Phi) is 7.03. The van der Waals surface area contributed by atoms with Gasteiger partial charge in [0.15, 0.2) is 10.9 Å². The maximum absolute atomic E-state index is 12.1. The number of rotatable bonds is 7. The van der Waals surface area contributed by atoms with Gasteiger partial charge in [0.25, 0.3) is 11.8 Å². The summed E-state index contributed by atoms with van der Waals surface area (Å²) in [5.41, 5.74) is 0.592. The van der Waals surface area contributed by atoms with Gasteiger partial charge in [0.1, 0.15) is 5.75 Å². The zero-order valence-electron chi connectivity index (χ0n) is 13.7. The highest BCUT2D eigenvalue weighted by Gasteiger charge is 2.14. The molecule has 2 aromatic rings. The van der Waals surface area contributed by atoms with Crippen LogP contribution in [0.4, 0.5) is 0 Å². The van der Waals surface area contributed by atoms with Crippen LogP contribution < -0.4 is 15.4 Å². The Morgan fingerprint density at radius 3 is 2.64 bits per heavy atom. The number of carbonyl (C=O) groups excluding carboxylic acids is 2. The molecule has 25 heavy (non-hydrogen) atoms. The Morgan fingerprint density at radius 2 is 1.96 bits per heavy atom. The predicted molar refractivity (Wildman–Crippen MR) is 96.5 cm³/mol. The molecule has 1 aromatic heterocycles. The largest absolute Gasteiger partial charge is 0.497 e. The number of aromatic nitrogens is 2. The van der Waals surface area contributed by atoms with Crippen LogP contribution >= 0.6 is 23.4 Å². The van der Waals surface area contributed by atoms with Crippen LogP contribution in [-0.2, 0) is 0 Å². The second kappa shape index (κ2) is 9.24. The molecule has 0 atom stereocenters. The van der Waals surface area contributed by atoms with Crippen LogP contribution in [0, 0.1) is 0 Å². The van der Waals surface area contributed by atoms with Crippen molar-refractivity contribution in [2.24, 2.45) is 0 Å². The molecule has 0 aliphatic heterocycles. The highest BCUT2D eigenvalue weighted by Crippen LogP contribution is 2.16. The van der Waals surface area contributed by atoms with Gasteiger partial charge in [-0.1, -0.05) is 29.4 Å². The first-order chi connectivity index (χ1) is 12.0. The van der Waals surface area contributed by atoms with Crippen LogP contribution in [-0.4, -0.2) is 48.2 Å². The van der Waals surface area contributed by atoms with Gasteiger partial charge >= 0.3 is 0 Å². The van der Waals surface area contributed by atoms with Crippen molar-refractivity contribution in [1.29, 1.82) is 0 Å². The summed E-state index contributed by atoms with van der Waals surface area (Å²) in [6, 6.07) is 6.81. The van der Waals surface area contributed by atoms with Crippen molar-refractivity contribution in [3.05, 3.63) is 46.7 Å². The molecule has 1 aromatic carbocycles. The molecule has 0 bridgehead atoms. The Labute approximate surface area is 154 Å². The third-order valence-electron chi connectivity index (χ3n) is 3.15. The predicted octanol–water partition coefficient (Wildman–Crippen LogP) is 2.02. The molecule has 0 unspecified atom stereocenters. The lowest BCUT2D eigenvalue weighted by atomic mass is 10.2. The number of methoxy groups -OCH3 is 1. The number of benzene rings is 1. The summed E-state index contributed by atoms with van der Waals surface area (Å²) >= 11 is 7.26. The van der Waals surface area contributed by atoms with Gasteiger partial charge < -0.3 is 15.4 Å². The standard InChI is InChI=1S/C16H17ClN4O3S/c1-24-11-5-3-4-10(8-11)14(22)18-6-7-19-15(23)13-12(17)9-20-16(21-13)25-2/h3-5,8-9H,6-7H2,1-2H3,(H,18,22)(H,19,23). The van der Waals surface area contributed by atoms with Gasteiger partial charge in [0, 0.05) is 18.7 Å². The van der Waals surface area contributed by atoms with Gasteiger partial charge in [-0.3, -0.25) is 9.59 Å². The summed E-state index contributed by atoms with van der Waals surface area (Å²) < 4.78 is 5.08. The average molecular weight is 381 g/mol. The topological polar surface area (TPSA) is 93.2 Å². The molecule has 1 heterocycles. The minimum atomic E-state index is -0.418. The van der Waals surface area contributed by atoms with Crippen LogP contribution in [0.15, 0.2) is 35.6 Å². The molecule has 7 nitrogen and oxygen atoms in total. The van der Waals surface area contributed by atoms with Crippen LogP contribution in [0.2, 0.25) is 5.02 Å². The van der Waals surface area contributed by atoms with Crippen LogP contribution in [0.1, 0.15) is 20.8 Å². The second-order valence-corrected chi connectivity index (χ2v) is 5.98. The van der Waals surface area contributed by atoms with E-state index >= 15 is 0 Å². The molecule has 0 saturated heterocycles. The normalized spacial score (nSPS) is 10.2. The third-order valence-corrected chi connectivity index (χ3v) is 3.99. The molecule has 0 aliphatic carbocycles. The zero-order valence-corrected chi connectivity index (χ0v) is 15.3. The maximum atomic E-state index is 12.1. The molecular formula is C16H17ClN4O3S. The first kappa shape index (κ1) is 19.0. The van der Waals surface area contributed by atoms with E-state index in [1.807, 2.05) is 0 Å². The summed E-state index contributed by atoms with van der Waals surface area (Å²) in [6.07, 6.45) is 3.19. The molecule has 0 radical (unpaired) electrons. The number of nitrogens with one attached hydrogen (secondary N) is 2. The zero-order chi connectivity index (χ0) is 18.2. The van der Waals surface area contributed by atoms with E-state index in [0.717, 1.165) is 0 Å². The average Bonchev–Trinajstić information content (AvgIpc) is 2.65. The van der Waals surface area contributed by atoms with Gasteiger partial charge in [-0.05, 0) is 24.5 Å². The molecule has 0 aliphatic rings. The number of ether oxygens (including phenoxy) is 1. The monoisotopic (exact) mass is 380 g/mol. The summed E-state index contributed by atoms with van der Waals surface area (Å²) in [4.78, 5) is 32.2. The lowest BCUT2D eigenvalue weighted by Crippen LogP contribution is -2.35. The van der Waals surface area contributed by atoms with Gasteiger partial charge in [0.2, 0.25) is 0 Å². The lowest BCUT2D eigenvalue weighted by molar-refractivity contribution is 0.0924. The summed E-state index contributed by atoms with van der Waals surface area (Å²) in [6.45, 7) is 0.503. The number of halogens is 1. The first-order valence-corrected chi connectivity index (χ1v) is 8.92. The van der Waals surface area contributed by atoms with E-state index in [4.69, 9.17) is 16.3 Å². The Morgan fingerprint density at radius 1 is 1.24 bits per heavy atom. The molecular weight excluding hydrogens is 364 g/mol. The van der Waals surface area contributed by atoms with Gasteiger partial charge in [-0.25, -0.2) is 9.97 Å². The number of thioether (sulfide) groups is 1. The Balaban J connectivity index is 1.84. The quantitative estimate of drug-likeness (QED) is 0.433. The van der Waals surface area contributed by atoms with Crippen LogP contribution in [0.25, 0.3) is 0 Å². The van der Waals surface area contributed by atoms with E-state index < -0.39 is 5.91 Å². The Hall–Kier alpha value is -2.32. The third kappa shape index (κ3) is 5.33. The molecule has 2 rings (SSSR count). The van der Waals surface area contributed by atoms with Gasteiger partial charge in [0.05, 0.1) is 18.3 Å². The molecule has 0 spiro atoms. The SMILES string of the molecule is COc1cccc(C(=O)NCCNC(=O)c2nc(SC)ncc2Cl)c1. The minimum absolute atomic E-state index is 0.111. The van der Waals surface area contributed by atoms with Crippen molar-refractivity contribution >= 4 is 35.2 Å². The van der Waals surface area contributed by atoms with Crippen LogP contribution in [0.3, 0.4) is 0 Å². The maximum Gasteiger partial charge on any atom is 0.271 e. The van der Waals surface area contributed by atoms with Gasteiger partial charge in [-0.15, -0.1) is 0 Å². The molecule has 132 valence electrons. The second-order valence-electron chi connectivity index (χ2n) is 4.80. The lowest BCUT2D eigenvalue weighted by Gasteiger charge is -2.09. The highest BCUT2D eigenvalue weighted by atomic mass is 35.5. The first-order valence-electron chi connectivity index (χ1n) is 7.32. The van der Waals surface area contributed by atoms with Crippen molar-refractivity contribution in [3.8, 4) is 5.75 Å². The van der Waals surface area contributed by atoms with Crippen molar-refractivity contribution < 1.29 is 14.3 Å². The van der Waals surface area contributed by atoms with Gasteiger partial charge in [-0.2, -0.15) is 0 Å². The van der Waals surface area contributed by atoms with E-state index in [-0.39, 0.29) is 29.7 Å². The molecule has 2 N–H and O–H groups in total. The highest BCUT2D eigenvalue weighted by molar-refractivity contribution is 7.98. The number of hydrogen-bond donors (Lipinski definition) is 2. The molecule has 0 saturated carbocycles. The van der Waals surface area contributed by atoms with E-state index in [1.165, 1.54) is 25.1 Å². The van der Waals surface area contributed by atoms with Crippen molar-refractivity contribution in [2.45, 2.75) is 5.16 Å². The van der Waals surface area contributed by atoms with E-state index in [0.29, 0.717) is 16.5 Å². The fourth-order valence-corrected chi connectivity index (χ4v) is 2.43. The fraction of sp³-hybridized carbons (Fsp3) is 0.250. The van der Waals surface area contributed by atoms with E-state index in [1.54, 1.807) is 30.5 Å². The minimum Gasteiger partial charge on any atom is -0.497 e.